The Bertz CT molecular complexity index is 354. The van der Waals surface area contributed by atoms with E-state index >= 15 is 0 Å². The molecular weight excluding hydrogens is 388 g/mol. The summed E-state index contributed by atoms with van der Waals surface area (Å²) < 4.78 is 19.6. The van der Waals surface area contributed by atoms with Gasteiger partial charge in [0.15, 0.2) is 0 Å². The van der Waals surface area contributed by atoms with Gasteiger partial charge in [0.2, 0.25) is 0 Å². The molecule has 164 valence electrons. The van der Waals surface area contributed by atoms with E-state index in [-0.39, 0.29) is 9.03 Å². The summed E-state index contributed by atoms with van der Waals surface area (Å²) in [6.45, 7) is 20.5. The maximum atomic E-state index is 6.60. The molecule has 0 fully saturated rings. The third-order valence-corrected chi connectivity index (χ3v) is 15.3. The second-order valence-corrected chi connectivity index (χ2v) is 17.8. The van der Waals surface area contributed by atoms with Crippen LogP contribution in [0, 0.1) is 5.92 Å². The average molecular weight is 437 g/mol. The zero-order chi connectivity index (χ0) is 21.0. The van der Waals surface area contributed by atoms with Crippen LogP contribution in [0.25, 0.3) is 0 Å². The Hall–Kier alpha value is 0.664. The third-order valence-electron chi connectivity index (χ3n) is 5.84. The monoisotopic (exact) mass is 436 g/mol. The minimum atomic E-state index is -2.89. The fourth-order valence-electron chi connectivity index (χ4n) is 2.99. The van der Waals surface area contributed by atoms with Crippen molar-refractivity contribution in [2.45, 2.75) is 109 Å². The van der Waals surface area contributed by atoms with E-state index in [0.29, 0.717) is 5.92 Å². The normalized spacial score (nSPS) is 15.8. The summed E-state index contributed by atoms with van der Waals surface area (Å²) in [5, 5.41) is 0.284. The summed E-state index contributed by atoms with van der Waals surface area (Å²) in [6, 6.07) is 0. The van der Waals surface area contributed by atoms with Crippen LogP contribution in [0.4, 0.5) is 0 Å². The van der Waals surface area contributed by atoms with Crippen molar-refractivity contribution in [3.05, 3.63) is 0 Å². The molecule has 0 radical (unpaired) electrons. The zero-order valence-electron chi connectivity index (χ0n) is 19.5. The molecule has 0 N–H and O–H groups in total. The fraction of sp³-hybridized carbons (Fsp3) is 1.00. The lowest BCUT2D eigenvalue weighted by Gasteiger charge is -2.46. The fourth-order valence-corrected chi connectivity index (χ4v) is 12.8. The maximum absolute atomic E-state index is 6.60. The van der Waals surface area contributed by atoms with E-state index in [1.54, 1.807) is 0 Å². The van der Waals surface area contributed by atoms with E-state index < -0.39 is 18.3 Å². The van der Waals surface area contributed by atoms with Crippen molar-refractivity contribution >= 4 is 31.0 Å². The Labute approximate surface area is 179 Å². The molecule has 0 saturated heterocycles. The highest BCUT2D eigenvalue weighted by Gasteiger charge is 2.60. The number of hydrogen-bond acceptors (Lipinski definition) is 4. The van der Waals surface area contributed by atoms with Crippen LogP contribution in [0.5, 0.6) is 0 Å². The Morgan fingerprint density at radius 3 is 1.44 bits per heavy atom. The Morgan fingerprint density at radius 2 is 1.19 bits per heavy atom. The van der Waals surface area contributed by atoms with Gasteiger partial charge in [-0.05, 0) is 36.6 Å². The summed E-state index contributed by atoms with van der Waals surface area (Å²) in [5.74, 6) is 0.621. The van der Waals surface area contributed by atoms with Crippen molar-refractivity contribution in [1.82, 2.24) is 0 Å². The van der Waals surface area contributed by atoms with E-state index in [2.05, 4.69) is 55.4 Å². The van der Waals surface area contributed by atoms with Gasteiger partial charge in [-0.25, -0.2) is 0 Å². The Balaban J connectivity index is 5.81. The number of thiol groups is 1. The molecule has 0 rings (SSSR count). The average Bonchev–Trinajstić information content (AvgIpc) is 2.61. The Morgan fingerprint density at radius 1 is 0.815 bits per heavy atom. The van der Waals surface area contributed by atoms with Crippen LogP contribution in [-0.2, 0) is 13.3 Å². The maximum Gasteiger partial charge on any atom is 0.513 e. The first-order chi connectivity index (χ1) is 12.6. The Kier molecular flexibility index (Phi) is 14.1. The predicted molar refractivity (Wildman–Crippen MR) is 128 cm³/mol. The first kappa shape index (κ1) is 27.7. The van der Waals surface area contributed by atoms with Crippen molar-refractivity contribution in [2.75, 3.05) is 19.8 Å². The molecule has 0 aliphatic rings. The standard InChI is InChI=1S/C21H48O3SSi2/c1-9-13-16-22-27(23-17-14-10-2,24-18-15-11-3)21(25,12-4)26-20(7,8)19(5)6/h19,25H,9-18,26H2,1-8H3/t21-/m0/s1. The van der Waals surface area contributed by atoms with Crippen LogP contribution in [-0.4, -0.2) is 42.1 Å². The first-order valence-corrected chi connectivity index (χ1v) is 14.9. The van der Waals surface area contributed by atoms with Gasteiger partial charge < -0.3 is 13.3 Å². The summed E-state index contributed by atoms with van der Waals surface area (Å²) in [6.07, 6.45) is 7.46. The van der Waals surface area contributed by atoms with Crippen LogP contribution in [0.3, 0.4) is 0 Å². The lowest BCUT2D eigenvalue weighted by molar-refractivity contribution is 0.0502. The van der Waals surface area contributed by atoms with Gasteiger partial charge >= 0.3 is 8.80 Å². The highest BCUT2D eigenvalue weighted by atomic mass is 32.1. The zero-order valence-corrected chi connectivity index (χ0v) is 22.8. The van der Waals surface area contributed by atoms with Crippen molar-refractivity contribution in [3.8, 4) is 0 Å². The van der Waals surface area contributed by atoms with E-state index in [0.717, 1.165) is 64.8 Å². The van der Waals surface area contributed by atoms with E-state index in [1.807, 2.05) is 0 Å². The lowest BCUT2D eigenvalue weighted by atomic mass is 9.99. The van der Waals surface area contributed by atoms with Crippen molar-refractivity contribution < 1.29 is 13.3 Å². The molecule has 0 aliphatic carbocycles. The minimum Gasteiger partial charge on any atom is -0.373 e. The molecule has 0 bridgehead atoms. The van der Waals surface area contributed by atoms with Crippen LogP contribution < -0.4 is 0 Å². The second kappa shape index (κ2) is 13.8. The van der Waals surface area contributed by atoms with Crippen LogP contribution in [0.15, 0.2) is 0 Å². The molecular formula is C21H48O3SSi2. The molecule has 0 amide bonds. The van der Waals surface area contributed by atoms with Gasteiger partial charge in [-0.1, -0.05) is 74.7 Å². The van der Waals surface area contributed by atoms with E-state index in [4.69, 9.17) is 25.9 Å². The largest absolute Gasteiger partial charge is 0.513 e. The van der Waals surface area contributed by atoms with Crippen molar-refractivity contribution in [2.24, 2.45) is 5.92 Å². The van der Waals surface area contributed by atoms with Crippen LogP contribution in [0.2, 0.25) is 5.04 Å². The summed E-state index contributed by atoms with van der Waals surface area (Å²) in [5.41, 5.74) is 0. The second-order valence-electron chi connectivity index (χ2n) is 8.87. The lowest BCUT2D eigenvalue weighted by Crippen LogP contribution is -2.66. The molecule has 0 saturated carbocycles. The number of unbranched alkanes of at least 4 members (excludes halogenated alkanes) is 3. The first-order valence-electron chi connectivity index (χ1n) is 11.3. The topological polar surface area (TPSA) is 27.7 Å². The van der Waals surface area contributed by atoms with Gasteiger partial charge in [0, 0.05) is 19.8 Å². The van der Waals surface area contributed by atoms with Gasteiger partial charge in [0.1, 0.15) is 0 Å². The molecule has 1 atom stereocenters. The highest BCUT2D eigenvalue weighted by Crippen LogP contribution is 2.43. The molecule has 0 unspecified atom stereocenters. The molecule has 6 heteroatoms. The van der Waals surface area contributed by atoms with Gasteiger partial charge in [0.05, 0.1) is 13.5 Å². The highest BCUT2D eigenvalue weighted by molar-refractivity contribution is 7.86. The molecule has 0 aromatic heterocycles. The summed E-state index contributed by atoms with van der Waals surface area (Å²) in [4.78, 5) is 0. The smallest absolute Gasteiger partial charge is 0.373 e. The van der Waals surface area contributed by atoms with Crippen LogP contribution >= 0.6 is 12.6 Å². The minimum absolute atomic E-state index is 0.226. The molecule has 27 heavy (non-hydrogen) atoms. The summed E-state index contributed by atoms with van der Waals surface area (Å²) >= 11 is 5.34. The molecule has 3 nitrogen and oxygen atoms in total. The van der Waals surface area contributed by atoms with Crippen molar-refractivity contribution in [3.63, 3.8) is 0 Å². The molecule has 0 aromatic rings. The molecule has 0 aliphatic heterocycles. The molecule has 0 spiro atoms. The third kappa shape index (κ3) is 8.91. The van der Waals surface area contributed by atoms with Gasteiger partial charge in [-0.15, -0.1) is 0 Å². The van der Waals surface area contributed by atoms with Gasteiger partial charge in [-0.3, -0.25) is 0 Å². The SMILES string of the molecule is CCCCO[Si](OCCCC)(OCCCC)[C@](S)(CC)[SiH2]C(C)(C)C(C)C. The van der Waals surface area contributed by atoms with E-state index in [9.17, 15) is 0 Å². The van der Waals surface area contributed by atoms with Crippen LogP contribution in [0.1, 0.15) is 100 Å². The van der Waals surface area contributed by atoms with Gasteiger partial charge in [0.25, 0.3) is 0 Å². The quantitative estimate of drug-likeness (QED) is 0.173. The van der Waals surface area contributed by atoms with Crippen molar-refractivity contribution in [1.29, 1.82) is 0 Å². The number of hydrogen-bond donors (Lipinski definition) is 1. The van der Waals surface area contributed by atoms with E-state index in [1.165, 1.54) is 0 Å². The van der Waals surface area contributed by atoms with Gasteiger partial charge in [-0.2, -0.15) is 12.6 Å². The number of rotatable bonds is 17. The summed E-state index contributed by atoms with van der Waals surface area (Å²) in [7, 11) is -3.54. The molecule has 0 aromatic carbocycles. The molecule has 0 heterocycles. The predicted octanol–water partition coefficient (Wildman–Crippen LogP) is 5.97.